The van der Waals surface area contributed by atoms with Crippen molar-refractivity contribution in [1.29, 1.82) is 0 Å². The zero-order valence-electron chi connectivity index (χ0n) is 9.20. The van der Waals surface area contributed by atoms with E-state index in [1.807, 2.05) is 0 Å². The standard InChI is InChI=1S/C12H9N3O3/c16-11(15-8-2-1-4-13-6-8)10-7-14-5-3-9(10)12(17)18/h1-7H,(H,15,16)(H,17,18). The lowest BCUT2D eigenvalue weighted by atomic mass is 10.1. The van der Waals surface area contributed by atoms with Gasteiger partial charge in [0.1, 0.15) is 0 Å². The number of nitrogens with zero attached hydrogens (tertiary/aromatic N) is 2. The van der Waals surface area contributed by atoms with Gasteiger partial charge in [-0.25, -0.2) is 4.79 Å². The predicted molar refractivity (Wildman–Crippen MR) is 63.4 cm³/mol. The summed E-state index contributed by atoms with van der Waals surface area (Å²) in [7, 11) is 0. The molecule has 0 aliphatic heterocycles. The first kappa shape index (κ1) is 11.7. The quantitative estimate of drug-likeness (QED) is 0.850. The number of pyridine rings is 2. The van der Waals surface area contributed by atoms with Crippen LogP contribution in [-0.4, -0.2) is 27.0 Å². The summed E-state index contributed by atoms with van der Waals surface area (Å²) in [5.74, 6) is -1.71. The molecule has 0 fully saturated rings. The molecule has 0 aromatic carbocycles. The van der Waals surface area contributed by atoms with Crippen molar-refractivity contribution < 1.29 is 14.7 Å². The molecular formula is C12H9N3O3. The lowest BCUT2D eigenvalue weighted by Crippen LogP contribution is -2.16. The van der Waals surface area contributed by atoms with Gasteiger partial charge in [0.2, 0.25) is 0 Å². The zero-order chi connectivity index (χ0) is 13.0. The number of carbonyl (C=O) groups excluding carboxylic acids is 1. The monoisotopic (exact) mass is 243 g/mol. The van der Waals surface area contributed by atoms with Crippen LogP contribution in [0, 0.1) is 0 Å². The normalized spacial score (nSPS) is 9.78. The van der Waals surface area contributed by atoms with E-state index in [0.29, 0.717) is 5.69 Å². The van der Waals surface area contributed by atoms with Crippen molar-refractivity contribution in [2.24, 2.45) is 0 Å². The fourth-order valence-electron chi connectivity index (χ4n) is 1.40. The molecule has 6 heteroatoms. The molecular weight excluding hydrogens is 234 g/mol. The molecule has 6 nitrogen and oxygen atoms in total. The molecule has 0 radical (unpaired) electrons. The number of anilines is 1. The largest absolute Gasteiger partial charge is 0.478 e. The Morgan fingerprint density at radius 3 is 2.50 bits per heavy atom. The highest BCUT2D eigenvalue weighted by Gasteiger charge is 2.16. The number of hydrogen-bond acceptors (Lipinski definition) is 4. The molecule has 2 aromatic heterocycles. The average molecular weight is 243 g/mol. The summed E-state index contributed by atoms with van der Waals surface area (Å²) in [5.41, 5.74) is 0.405. The van der Waals surface area contributed by atoms with Crippen LogP contribution in [0.25, 0.3) is 0 Å². The molecule has 0 spiro atoms. The van der Waals surface area contributed by atoms with E-state index in [0.717, 1.165) is 0 Å². The highest BCUT2D eigenvalue weighted by atomic mass is 16.4. The van der Waals surface area contributed by atoms with Crippen LogP contribution in [0.5, 0.6) is 0 Å². The Morgan fingerprint density at radius 1 is 1.06 bits per heavy atom. The highest BCUT2D eigenvalue weighted by Crippen LogP contribution is 2.10. The van der Waals surface area contributed by atoms with E-state index in [2.05, 4.69) is 15.3 Å². The maximum atomic E-state index is 11.9. The average Bonchev–Trinajstić information content (AvgIpc) is 2.40. The molecule has 0 atom stereocenters. The van der Waals surface area contributed by atoms with Crippen LogP contribution in [0.1, 0.15) is 20.7 Å². The van der Waals surface area contributed by atoms with E-state index in [-0.39, 0.29) is 11.1 Å². The van der Waals surface area contributed by atoms with Crippen LogP contribution in [0.3, 0.4) is 0 Å². The summed E-state index contributed by atoms with van der Waals surface area (Å²) >= 11 is 0. The number of amides is 1. The fourth-order valence-corrected chi connectivity index (χ4v) is 1.40. The van der Waals surface area contributed by atoms with Crippen molar-refractivity contribution in [1.82, 2.24) is 9.97 Å². The number of carboxylic acids is 1. The number of carbonyl (C=O) groups is 2. The van der Waals surface area contributed by atoms with Crippen molar-refractivity contribution >= 4 is 17.6 Å². The van der Waals surface area contributed by atoms with Crippen LogP contribution in [0.15, 0.2) is 43.0 Å². The molecule has 0 aliphatic carbocycles. The van der Waals surface area contributed by atoms with Gasteiger partial charge in [0.25, 0.3) is 5.91 Å². The summed E-state index contributed by atoms with van der Waals surface area (Å²) in [6.07, 6.45) is 5.58. The minimum atomic E-state index is -1.17. The lowest BCUT2D eigenvalue weighted by molar-refractivity contribution is 0.0692. The topological polar surface area (TPSA) is 92.2 Å². The molecule has 1 amide bonds. The van der Waals surface area contributed by atoms with Crippen LogP contribution in [0.2, 0.25) is 0 Å². The Labute approximate surface area is 102 Å². The third-order valence-corrected chi connectivity index (χ3v) is 2.22. The van der Waals surface area contributed by atoms with Gasteiger partial charge in [-0.1, -0.05) is 0 Å². The lowest BCUT2D eigenvalue weighted by Gasteiger charge is -2.06. The zero-order valence-corrected chi connectivity index (χ0v) is 9.20. The number of rotatable bonds is 3. The summed E-state index contributed by atoms with van der Waals surface area (Å²) in [6, 6.07) is 4.60. The van der Waals surface area contributed by atoms with Gasteiger partial charge in [0.15, 0.2) is 0 Å². The van der Waals surface area contributed by atoms with Crippen molar-refractivity contribution in [3.63, 3.8) is 0 Å². The van der Waals surface area contributed by atoms with Gasteiger partial charge in [0.05, 0.1) is 23.0 Å². The van der Waals surface area contributed by atoms with Gasteiger partial charge < -0.3 is 10.4 Å². The molecule has 0 bridgehead atoms. The van der Waals surface area contributed by atoms with Gasteiger partial charge in [-0.15, -0.1) is 0 Å². The molecule has 90 valence electrons. The first-order valence-corrected chi connectivity index (χ1v) is 5.07. The Morgan fingerprint density at radius 2 is 1.83 bits per heavy atom. The molecule has 0 saturated heterocycles. The number of aromatic nitrogens is 2. The minimum absolute atomic E-state index is 0.00820. The second-order valence-corrected chi connectivity index (χ2v) is 3.42. The van der Waals surface area contributed by atoms with Crippen LogP contribution < -0.4 is 5.32 Å². The van der Waals surface area contributed by atoms with Crippen LogP contribution in [-0.2, 0) is 0 Å². The first-order chi connectivity index (χ1) is 8.68. The second-order valence-electron chi connectivity index (χ2n) is 3.42. The van der Waals surface area contributed by atoms with Gasteiger partial charge >= 0.3 is 5.97 Å². The van der Waals surface area contributed by atoms with Crippen molar-refractivity contribution in [3.8, 4) is 0 Å². The SMILES string of the molecule is O=C(O)c1ccncc1C(=O)Nc1cccnc1. The highest BCUT2D eigenvalue weighted by molar-refractivity contribution is 6.10. The molecule has 2 aromatic rings. The summed E-state index contributed by atoms with van der Waals surface area (Å²) < 4.78 is 0. The Hall–Kier alpha value is -2.76. The molecule has 2 rings (SSSR count). The molecule has 18 heavy (non-hydrogen) atoms. The third kappa shape index (κ3) is 2.49. The van der Waals surface area contributed by atoms with E-state index < -0.39 is 11.9 Å². The molecule has 2 heterocycles. The first-order valence-electron chi connectivity index (χ1n) is 5.07. The molecule has 0 saturated carbocycles. The van der Waals surface area contributed by atoms with Crippen LogP contribution >= 0.6 is 0 Å². The predicted octanol–water partition coefficient (Wildman–Crippen LogP) is 1.43. The maximum Gasteiger partial charge on any atom is 0.336 e. The third-order valence-electron chi connectivity index (χ3n) is 2.22. The second kappa shape index (κ2) is 5.05. The van der Waals surface area contributed by atoms with E-state index in [4.69, 9.17) is 5.11 Å². The number of nitrogens with one attached hydrogen (secondary N) is 1. The summed E-state index contributed by atoms with van der Waals surface area (Å²) in [4.78, 5) is 30.4. The van der Waals surface area contributed by atoms with Crippen molar-refractivity contribution in [2.75, 3.05) is 5.32 Å². The van der Waals surface area contributed by atoms with E-state index >= 15 is 0 Å². The molecule has 0 aliphatic rings. The van der Waals surface area contributed by atoms with Crippen molar-refractivity contribution in [3.05, 3.63) is 54.1 Å². The summed E-state index contributed by atoms with van der Waals surface area (Å²) in [6.45, 7) is 0. The van der Waals surface area contributed by atoms with Gasteiger partial charge in [-0.05, 0) is 18.2 Å². The minimum Gasteiger partial charge on any atom is -0.478 e. The van der Waals surface area contributed by atoms with Gasteiger partial charge in [-0.3, -0.25) is 14.8 Å². The smallest absolute Gasteiger partial charge is 0.336 e. The van der Waals surface area contributed by atoms with E-state index in [1.54, 1.807) is 18.3 Å². The van der Waals surface area contributed by atoms with Crippen LogP contribution in [0.4, 0.5) is 5.69 Å². The number of hydrogen-bond donors (Lipinski definition) is 2. The Bertz CT molecular complexity index is 584. The number of aromatic carboxylic acids is 1. The van der Waals surface area contributed by atoms with Crippen molar-refractivity contribution in [2.45, 2.75) is 0 Å². The Kier molecular flexibility index (Phi) is 3.29. The maximum absolute atomic E-state index is 11.9. The molecule has 0 unspecified atom stereocenters. The fraction of sp³-hybridized carbons (Fsp3) is 0. The van der Waals surface area contributed by atoms with E-state index in [1.165, 1.54) is 24.7 Å². The molecule has 2 N–H and O–H groups in total. The van der Waals surface area contributed by atoms with Gasteiger partial charge in [0, 0.05) is 18.6 Å². The Balaban J connectivity index is 2.27. The number of carboxylic acid groups (broad SMARTS) is 1. The van der Waals surface area contributed by atoms with E-state index in [9.17, 15) is 9.59 Å². The van der Waals surface area contributed by atoms with Gasteiger partial charge in [-0.2, -0.15) is 0 Å². The summed E-state index contributed by atoms with van der Waals surface area (Å²) in [5, 5.41) is 11.5.